The summed E-state index contributed by atoms with van der Waals surface area (Å²) < 4.78 is 28.0. The fourth-order valence-corrected chi connectivity index (χ4v) is 6.14. The topological polar surface area (TPSA) is 63.2 Å². The van der Waals surface area contributed by atoms with Crippen molar-refractivity contribution in [3.05, 3.63) is 30.3 Å². The molecule has 0 amide bonds. The van der Waals surface area contributed by atoms with E-state index in [-0.39, 0.29) is 17.1 Å². The standard InChI is InChI=1S/C16H21NO3S/c1-15(2)12-9-10-16(15,3)14(18)13(12)21(19,20)17-11-7-5-4-6-8-11/h4-8,12-13,17H,9-10H2,1-3H3/t12-,13+,16+/m0/s1. The first kappa shape index (κ1) is 14.6. The van der Waals surface area contributed by atoms with Crippen molar-refractivity contribution in [3.63, 3.8) is 0 Å². The average molecular weight is 307 g/mol. The van der Waals surface area contributed by atoms with Crippen LogP contribution in [0.25, 0.3) is 0 Å². The second kappa shape index (κ2) is 4.32. The number of benzene rings is 1. The summed E-state index contributed by atoms with van der Waals surface area (Å²) in [6, 6.07) is 8.76. The number of rotatable bonds is 3. The normalized spacial score (nSPS) is 34.1. The predicted molar refractivity (Wildman–Crippen MR) is 82.4 cm³/mol. The zero-order chi connectivity index (χ0) is 15.5. The summed E-state index contributed by atoms with van der Waals surface area (Å²) in [5, 5.41) is -0.925. The largest absolute Gasteiger partial charge is 0.298 e. The van der Waals surface area contributed by atoms with E-state index >= 15 is 0 Å². The first-order valence-corrected chi connectivity index (χ1v) is 8.86. The first-order chi connectivity index (χ1) is 9.70. The lowest BCUT2D eigenvalue weighted by Crippen LogP contribution is -2.41. The number of hydrogen-bond acceptors (Lipinski definition) is 3. The number of para-hydroxylation sites is 1. The lowest BCUT2D eigenvalue weighted by molar-refractivity contribution is -0.127. The molecule has 5 heteroatoms. The van der Waals surface area contributed by atoms with Gasteiger partial charge in [-0.15, -0.1) is 0 Å². The second-order valence-electron chi connectivity index (χ2n) is 7.00. The molecule has 3 atom stereocenters. The van der Waals surface area contributed by atoms with Gasteiger partial charge in [0.1, 0.15) is 5.25 Å². The molecule has 2 fully saturated rings. The minimum absolute atomic E-state index is 0.101. The molecule has 2 saturated carbocycles. The van der Waals surface area contributed by atoms with Crippen molar-refractivity contribution in [2.45, 2.75) is 38.9 Å². The van der Waals surface area contributed by atoms with Crippen molar-refractivity contribution in [2.75, 3.05) is 4.72 Å². The molecule has 0 radical (unpaired) electrons. The van der Waals surface area contributed by atoms with Crippen LogP contribution < -0.4 is 4.72 Å². The van der Waals surface area contributed by atoms with Gasteiger partial charge in [0.25, 0.3) is 0 Å². The predicted octanol–water partition coefficient (Wildman–Crippen LogP) is 2.82. The van der Waals surface area contributed by atoms with E-state index in [1.54, 1.807) is 24.3 Å². The maximum absolute atomic E-state index is 12.7. The Morgan fingerprint density at radius 1 is 1.14 bits per heavy atom. The highest BCUT2D eigenvalue weighted by atomic mass is 32.2. The molecule has 0 aromatic heterocycles. The summed E-state index contributed by atoms with van der Waals surface area (Å²) in [5.74, 6) is -0.219. The van der Waals surface area contributed by atoms with Crippen molar-refractivity contribution in [2.24, 2.45) is 16.7 Å². The molecule has 3 rings (SSSR count). The number of hydrogen-bond donors (Lipinski definition) is 1. The number of sulfonamides is 1. The van der Waals surface area contributed by atoms with Crippen LogP contribution in [-0.2, 0) is 14.8 Å². The van der Waals surface area contributed by atoms with Crippen molar-refractivity contribution in [1.82, 2.24) is 0 Å². The third kappa shape index (κ3) is 1.86. The Labute approximate surface area is 126 Å². The van der Waals surface area contributed by atoms with Crippen molar-refractivity contribution >= 4 is 21.5 Å². The first-order valence-electron chi connectivity index (χ1n) is 7.31. The van der Waals surface area contributed by atoms with Crippen LogP contribution in [-0.4, -0.2) is 19.5 Å². The average Bonchev–Trinajstić information content (AvgIpc) is 2.71. The number of anilines is 1. The van der Waals surface area contributed by atoms with Crippen molar-refractivity contribution < 1.29 is 13.2 Å². The summed E-state index contributed by atoms with van der Waals surface area (Å²) >= 11 is 0. The lowest BCUT2D eigenvalue weighted by atomic mass is 9.70. The van der Waals surface area contributed by atoms with Crippen LogP contribution in [0.4, 0.5) is 5.69 Å². The summed E-state index contributed by atoms with van der Waals surface area (Å²) in [5.41, 5.74) is -0.274. The quantitative estimate of drug-likeness (QED) is 0.934. The molecule has 0 spiro atoms. The third-order valence-corrected chi connectivity index (χ3v) is 7.57. The van der Waals surface area contributed by atoms with E-state index in [0.29, 0.717) is 5.69 Å². The Morgan fingerprint density at radius 3 is 2.29 bits per heavy atom. The van der Waals surface area contributed by atoms with Gasteiger partial charge in [0.05, 0.1) is 0 Å². The van der Waals surface area contributed by atoms with Crippen LogP contribution in [0.1, 0.15) is 33.6 Å². The van der Waals surface area contributed by atoms with Crippen LogP contribution in [0.5, 0.6) is 0 Å². The summed E-state index contributed by atoms with van der Waals surface area (Å²) in [6.07, 6.45) is 1.59. The minimum atomic E-state index is -3.70. The lowest BCUT2D eigenvalue weighted by Gasteiger charge is -2.32. The summed E-state index contributed by atoms with van der Waals surface area (Å²) in [4.78, 5) is 12.7. The van der Waals surface area contributed by atoms with Gasteiger partial charge in [-0.3, -0.25) is 9.52 Å². The van der Waals surface area contributed by atoms with Crippen LogP contribution in [0.15, 0.2) is 30.3 Å². The van der Waals surface area contributed by atoms with Crippen LogP contribution in [0.2, 0.25) is 0 Å². The molecule has 2 aliphatic carbocycles. The Morgan fingerprint density at radius 2 is 1.76 bits per heavy atom. The van der Waals surface area contributed by atoms with Gasteiger partial charge in [0.2, 0.25) is 10.0 Å². The highest BCUT2D eigenvalue weighted by molar-refractivity contribution is 7.94. The van der Waals surface area contributed by atoms with Crippen LogP contribution >= 0.6 is 0 Å². The highest BCUT2D eigenvalue weighted by Crippen LogP contribution is 2.64. The second-order valence-corrected chi connectivity index (χ2v) is 8.80. The molecule has 0 saturated heterocycles. The Kier molecular flexibility index (Phi) is 3.00. The smallest absolute Gasteiger partial charge is 0.243 e. The van der Waals surface area contributed by atoms with E-state index in [0.717, 1.165) is 12.8 Å². The van der Waals surface area contributed by atoms with E-state index in [9.17, 15) is 13.2 Å². The van der Waals surface area contributed by atoms with Gasteiger partial charge in [-0.1, -0.05) is 39.0 Å². The maximum Gasteiger partial charge on any atom is 0.243 e. The molecule has 0 aliphatic heterocycles. The maximum atomic E-state index is 12.7. The van der Waals surface area contributed by atoms with Gasteiger partial charge in [-0.2, -0.15) is 0 Å². The molecule has 0 unspecified atom stereocenters. The van der Waals surface area contributed by atoms with E-state index in [1.807, 2.05) is 26.8 Å². The van der Waals surface area contributed by atoms with Gasteiger partial charge in [0, 0.05) is 11.1 Å². The van der Waals surface area contributed by atoms with Gasteiger partial charge in [-0.25, -0.2) is 8.42 Å². The van der Waals surface area contributed by atoms with Gasteiger partial charge in [0.15, 0.2) is 5.78 Å². The van der Waals surface area contributed by atoms with Gasteiger partial charge in [-0.05, 0) is 36.3 Å². The minimum Gasteiger partial charge on any atom is -0.298 e. The van der Waals surface area contributed by atoms with E-state index < -0.39 is 20.7 Å². The number of fused-ring (bicyclic) bond motifs is 2. The van der Waals surface area contributed by atoms with E-state index in [2.05, 4.69) is 4.72 Å². The molecule has 1 aromatic carbocycles. The Balaban J connectivity index is 1.96. The zero-order valence-electron chi connectivity index (χ0n) is 12.6. The van der Waals surface area contributed by atoms with E-state index in [1.165, 1.54) is 0 Å². The SMILES string of the molecule is CC1(C)[C@H]2CC[C@]1(C)C(=O)[C@@H]2S(=O)(=O)Nc1ccccc1. The summed E-state index contributed by atoms with van der Waals surface area (Å²) in [7, 11) is -3.70. The molecular weight excluding hydrogens is 286 g/mol. The van der Waals surface area contributed by atoms with Gasteiger partial charge < -0.3 is 0 Å². The van der Waals surface area contributed by atoms with Crippen LogP contribution in [0, 0.1) is 16.7 Å². The molecule has 114 valence electrons. The van der Waals surface area contributed by atoms with Gasteiger partial charge >= 0.3 is 0 Å². The fourth-order valence-electron chi connectivity index (χ4n) is 4.09. The Bertz CT molecular complexity index is 681. The van der Waals surface area contributed by atoms with Crippen molar-refractivity contribution in [3.8, 4) is 0 Å². The third-order valence-electron chi connectivity index (χ3n) is 5.84. The molecule has 1 aromatic rings. The zero-order valence-corrected chi connectivity index (χ0v) is 13.4. The molecule has 4 nitrogen and oxygen atoms in total. The Hall–Kier alpha value is -1.36. The number of carbonyl (C=O) groups excluding carboxylic acids is 1. The fraction of sp³-hybridized carbons (Fsp3) is 0.562. The van der Waals surface area contributed by atoms with Crippen molar-refractivity contribution in [1.29, 1.82) is 0 Å². The van der Waals surface area contributed by atoms with Crippen LogP contribution in [0.3, 0.4) is 0 Å². The molecule has 0 heterocycles. The monoisotopic (exact) mass is 307 g/mol. The number of Topliss-reactive ketones (excluding diaryl/α,β-unsaturated/α-hetero) is 1. The number of nitrogens with one attached hydrogen (secondary N) is 1. The molecule has 21 heavy (non-hydrogen) atoms. The number of carbonyl (C=O) groups is 1. The molecular formula is C16H21NO3S. The summed E-state index contributed by atoms with van der Waals surface area (Å²) in [6.45, 7) is 5.98. The molecule has 2 aliphatic rings. The highest BCUT2D eigenvalue weighted by Gasteiger charge is 2.69. The van der Waals surface area contributed by atoms with E-state index in [4.69, 9.17) is 0 Å². The number of ketones is 1. The molecule has 2 bridgehead atoms. The molecule has 1 N–H and O–H groups in total.